The first-order valence-electron chi connectivity index (χ1n) is 6.64. The van der Waals surface area contributed by atoms with E-state index in [4.69, 9.17) is 4.74 Å². The lowest BCUT2D eigenvalue weighted by molar-refractivity contribution is 0.0122. The van der Waals surface area contributed by atoms with Crippen LogP contribution in [0.2, 0.25) is 0 Å². The number of amides is 1. The molecule has 0 radical (unpaired) electrons. The molecular weight excluding hydrogens is 310 g/mol. The van der Waals surface area contributed by atoms with Gasteiger partial charge in [-0.15, -0.1) is 11.3 Å². The minimum absolute atomic E-state index is 0.214. The smallest absolute Gasteiger partial charge is 0.407 e. The van der Waals surface area contributed by atoms with E-state index < -0.39 is 29.9 Å². The van der Waals surface area contributed by atoms with Crippen LogP contribution in [-0.4, -0.2) is 47.6 Å². The van der Waals surface area contributed by atoms with Crippen LogP contribution < -0.4 is 5.32 Å². The molecule has 0 saturated heterocycles. The van der Waals surface area contributed by atoms with Gasteiger partial charge < -0.3 is 25.0 Å². The third-order valence-corrected chi connectivity index (χ3v) is 3.51. The zero-order chi connectivity index (χ0) is 16.9. The Morgan fingerprint density at radius 1 is 1.36 bits per heavy atom. The minimum atomic E-state index is -1.32. The Labute approximate surface area is 132 Å². The fourth-order valence-electron chi connectivity index (χ4n) is 1.63. The van der Waals surface area contributed by atoms with Gasteiger partial charge in [-0.25, -0.2) is 9.59 Å². The third kappa shape index (κ3) is 5.28. The largest absolute Gasteiger partial charge is 0.465 e. The highest BCUT2D eigenvalue weighted by Crippen LogP contribution is 2.26. The molecule has 1 amide bonds. The molecule has 0 spiro atoms. The van der Waals surface area contributed by atoms with Gasteiger partial charge in [-0.1, -0.05) is 0 Å². The number of hydrogen-bond donors (Lipinski definition) is 3. The fourth-order valence-corrected chi connectivity index (χ4v) is 2.49. The van der Waals surface area contributed by atoms with Crippen LogP contribution in [0.4, 0.5) is 4.79 Å². The highest BCUT2D eigenvalue weighted by molar-refractivity contribution is 7.12. The van der Waals surface area contributed by atoms with E-state index in [1.54, 1.807) is 26.2 Å². The Bertz CT molecular complexity index is 522. The molecule has 2 unspecified atom stereocenters. The zero-order valence-electron chi connectivity index (χ0n) is 13.0. The summed E-state index contributed by atoms with van der Waals surface area (Å²) in [5.41, 5.74) is -0.394. The summed E-state index contributed by atoms with van der Waals surface area (Å²) >= 11 is 1.10. The van der Waals surface area contributed by atoms with Gasteiger partial charge in [0.2, 0.25) is 0 Å². The van der Waals surface area contributed by atoms with E-state index in [0.717, 1.165) is 11.3 Å². The summed E-state index contributed by atoms with van der Waals surface area (Å²) < 4.78 is 9.63. The summed E-state index contributed by atoms with van der Waals surface area (Å²) in [7, 11) is 1.23. The van der Waals surface area contributed by atoms with Crippen molar-refractivity contribution in [3.63, 3.8) is 0 Å². The van der Waals surface area contributed by atoms with Crippen molar-refractivity contribution in [1.82, 2.24) is 5.32 Å². The molecule has 8 heteroatoms. The fraction of sp³-hybridized carbons (Fsp3) is 0.571. The van der Waals surface area contributed by atoms with Gasteiger partial charge in [-0.2, -0.15) is 0 Å². The lowest BCUT2D eigenvalue weighted by Crippen LogP contribution is -2.39. The number of carbonyl (C=O) groups is 2. The van der Waals surface area contributed by atoms with Crippen LogP contribution in [0.3, 0.4) is 0 Å². The van der Waals surface area contributed by atoms with E-state index in [0.29, 0.717) is 0 Å². The Hall–Kier alpha value is -1.64. The van der Waals surface area contributed by atoms with Gasteiger partial charge >= 0.3 is 12.1 Å². The molecule has 0 saturated carbocycles. The predicted octanol–water partition coefficient (Wildman–Crippen LogP) is 1.45. The number of aliphatic hydroxyl groups excluding tert-OH is 2. The van der Waals surface area contributed by atoms with Gasteiger partial charge in [0.25, 0.3) is 0 Å². The number of aliphatic hydroxyl groups is 2. The van der Waals surface area contributed by atoms with Gasteiger partial charge in [-0.05, 0) is 32.2 Å². The van der Waals surface area contributed by atoms with Crippen molar-refractivity contribution < 1.29 is 29.3 Å². The molecule has 2 atom stereocenters. The number of alkyl carbamates (subject to hydrolysis) is 1. The lowest BCUT2D eigenvalue weighted by atomic mass is 10.1. The number of ether oxygens (including phenoxy) is 2. The van der Waals surface area contributed by atoms with Crippen molar-refractivity contribution in [2.75, 3.05) is 13.7 Å². The highest BCUT2D eigenvalue weighted by Gasteiger charge is 2.26. The summed E-state index contributed by atoms with van der Waals surface area (Å²) in [4.78, 5) is 23.3. The first-order valence-corrected chi connectivity index (χ1v) is 7.52. The Morgan fingerprint density at radius 2 is 2.00 bits per heavy atom. The Balaban J connectivity index is 2.63. The molecule has 0 bridgehead atoms. The molecule has 0 aliphatic rings. The Kier molecular flexibility index (Phi) is 6.34. The Morgan fingerprint density at radius 3 is 2.55 bits per heavy atom. The topological polar surface area (TPSA) is 105 Å². The molecule has 1 aromatic rings. The van der Waals surface area contributed by atoms with E-state index in [2.05, 4.69) is 10.1 Å². The van der Waals surface area contributed by atoms with E-state index >= 15 is 0 Å². The summed E-state index contributed by atoms with van der Waals surface area (Å²) in [6, 6.07) is 1.53. The average molecular weight is 331 g/mol. The highest BCUT2D eigenvalue weighted by atomic mass is 32.1. The number of methoxy groups -OCH3 is 1. The van der Waals surface area contributed by atoms with Crippen molar-refractivity contribution in [1.29, 1.82) is 0 Å². The van der Waals surface area contributed by atoms with Crippen LogP contribution in [-0.2, 0) is 9.47 Å². The molecule has 3 N–H and O–H groups in total. The number of carbonyl (C=O) groups excluding carboxylic acids is 2. The number of hydrogen-bond acceptors (Lipinski definition) is 7. The van der Waals surface area contributed by atoms with Crippen LogP contribution in [0.1, 0.15) is 42.1 Å². The second-order valence-corrected chi connectivity index (χ2v) is 6.51. The molecule has 124 valence electrons. The number of thiophene rings is 1. The van der Waals surface area contributed by atoms with Crippen LogP contribution in [0.5, 0.6) is 0 Å². The molecule has 22 heavy (non-hydrogen) atoms. The lowest BCUT2D eigenvalue weighted by Gasteiger charge is -2.22. The summed E-state index contributed by atoms with van der Waals surface area (Å²) in [5.74, 6) is -0.587. The number of esters is 1. The number of rotatable bonds is 5. The van der Waals surface area contributed by atoms with Gasteiger partial charge in [0, 0.05) is 12.1 Å². The third-order valence-electron chi connectivity index (χ3n) is 2.60. The molecule has 0 aliphatic carbocycles. The minimum Gasteiger partial charge on any atom is -0.465 e. The predicted molar refractivity (Wildman–Crippen MR) is 80.9 cm³/mol. The molecule has 0 aromatic carbocycles. The molecule has 1 heterocycles. The van der Waals surface area contributed by atoms with E-state index in [-0.39, 0.29) is 17.0 Å². The normalized spacial score (nSPS) is 14.1. The zero-order valence-corrected chi connectivity index (χ0v) is 13.8. The molecule has 0 fully saturated rings. The standard InChI is InChI=1S/C14H21NO6S/c1-14(2,3)21-13(19)15-7-9(16)10(17)8-5-6-22-11(8)12(18)20-4/h5-6,9-10,16-17H,7H2,1-4H3,(H,15,19). The summed E-state index contributed by atoms with van der Waals surface area (Å²) in [6.45, 7) is 4.93. The monoisotopic (exact) mass is 331 g/mol. The van der Waals surface area contributed by atoms with Crippen molar-refractivity contribution >= 4 is 23.4 Å². The molecule has 7 nitrogen and oxygen atoms in total. The van der Waals surface area contributed by atoms with Crippen LogP contribution in [0, 0.1) is 0 Å². The van der Waals surface area contributed by atoms with E-state index in [1.165, 1.54) is 13.2 Å². The summed E-state index contributed by atoms with van der Waals surface area (Å²) in [5, 5.41) is 24.0. The first kappa shape index (κ1) is 18.4. The van der Waals surface area contributed by atoms with Crippen LogP contribution in [0.15, 0.2) is 11.4 Å². The van der Waals surface area contributed by atoms with Crippen molar-refractivity contribution in [2.45, 2.75) is 38.6 Å². The van der Waals surface area contributed by atoms with E-state index in [9.17, 15) is 19.8 Å². The quantitative estimate of drug-likeness (QED) is 0.705. The second kappa shape index (κ2) is 7.57. The summed E-state index contributed by atoms with van der Waals surface area (Å²) in [6.07, 6.45) is -3.31. The first-order chi connectivity index (χ1) is 10.2. The van der Waals surface area contributed by atoms with Crippen LogP contribution in [0.25, 0.3) is 0 Å². The molecule has 1 rings (SSSR count). The van der Waals surface area contributed by atoms with Crippen molar-refractivity contribution in [3.8, 4) is 0 Å². The van der Waals surface area contributed by atoms with Gasteiger partial charge in [-0.3, -0.25) is 0 Å². The van der Waals surface area contributed by atoms with E-state index in [1.807, 2.05) is 0 Å². The molecule has 0 aliphatic heterocycles. The van der Waals surface area contributed by atoms with Gasteiger partial charge in [0.15, 0.2) is 0 Å². The average Bonchev–Trinajstić information content (AvgIpc) is 2.90. The maximum absolute atomic E-state index is 11.6. The van der Waals surface area contributed by atoms with Crippen molar-refractivity contribution in [2.24, 2.45) is 0 Å². The molecular formula is C14H21NO6S. The maximum Gasteiger partial charge on any atom is 0.407 e. The van der Waals surface area contributed by atoms with Crippen LogP contribution >= 0.6 is 11.3 Å². The number of nitrogens with one attached hydrogen (secondary N) is 1. The SMILES string of the molecule is COC(=O)c1sccc1C(O)C(O)CNC(=O)OC(C)(C)C. The maximum atomic E-state index is 11.6. The second-order valence-electron chi connectivity index (χ2n) is 5.59. The van der Waals surface area contributed by atoms with Gasteiger partial charge in [0.1, 0.15) is 22.7 Å². The molecule has 1 aromatic heterocycles. The van der Waals surface area contributed by atoms with Crippen molar-refractivity contribution in [3.05, 3.63) is 21.9 Å². The van der Waals surface area contributed by atoms with Gasteiger partial charge in [0.05, 0.1) is 7.11 Å².